The van der Waals surface area contributed by atoms with Gasteiger partial charge in [-0.15, -0.1) is 0 Å². The summed E-state index contributed by atoms with van der Waals surface area (Å²) >= 11 is 0. The minimum atomic E-state index is -0.272. The zero-order chi connectivity index (χ0) is 17.6. The van der Waals surface area contributed by atoms with E-state index in [1.807, 2.05) is 53.4 Å². The maximum absolute atomic E-state index is 12.5. The molecule has 132 valence electrons. The molecule has 1 aromatic heterocycles. The summed E-state index contributed by atoms with van der Waals surface area (Å²) in [6.07, 6.45) is 5.10. The molecule has 0 unspecified atom stereocenters. The lowest BCUT2D eigenvalue weighted by atomic mass is 10.0. The largest absolute Gasteiger partial charge is 0.450 e. The van der Waals surface area contributed by atoms with E-state index in [-0.39, 0.29) is 18.0 Å². The predicted octanol–water partition coefficient (Wildman–Crippen LogP) is 2.83. The Labute approximate surface area is 147 Å². The molecule has 1 fully saturated rings. The first-order chi connectivity index (χ1) is 12.2. The van der Waals surface area contributed by atoms with Gasteiger partial charge in [0, 0.05) is 42.8 Å². The fraction of sp³-hybridized carbons (Fsp3) is 0.368. The molecule has 0 aliphatic carbocycles. The third-order valence-corrected chi connectivity index (χ3v) is 4.37. The van der Waals surface area contributed by atoms with Gasteiger partial charge in [0.25, 0.3) is 5.91 Å². The van der Waals surface area contributed by atoms with E-state index in [0.29, 0.717) is 25.3 Å². The van der Waals surface area contributed by atoms with Crippen molar-refractivity contribution < 1.29 is 14.3 Å². The van der Waals surface area contributed by atoms with Gasteiger partial charge in [0.15, 0.2) is 0 Å². The molecule has 0 bridgehead atoms. The highest BCUT2D eigenvalue weighted by atomic mass is 16.6. The van der Waals surface area contributed by atoms with Gasteiger partial charge >= 0.3 is 6.09 Å². The summed E-state index contributed by atoms with van der Waals surface area (Å²) in [6.45, 7) is 3.39. The summed E-state index contributed by atoms with van der Waals surface area (Å²) in [4.78, 5) is 25.9. The summed E-state index contributed by atoms with van der Waals surface area (Å²) in [7, 11) is 0. The van der Waals surface area contributed by atoms with Crippen molar-refractivity contribution in [3.8, 4) is 5.69 Å². The van der Waals surface area contributed by atoms with E-state index in [0.717, 1.165) is 18.5 Å². The molecule has 2 aromatic rings. The van der Waals surface area contributed by atoms with Gasteiger partial charge in [-0.2, -0.15) is 0 Å². The van der Waals surface area contributed by atoms with Gasteiger partial charge in [0.1, 0.15) is 0 Å². The summed E-state index contributed by atoms with van der Waals surface area (Å²) < 4.78 is 6.98. The zero-order valence-electron chi connectivity index (χ0n) is 14.4. The number of likely N-dealkylation sites (tertiary alicyclic amines) is 1. The van der Waals surface area contributed by atoms with Crippen molar-refractivity contribution in [2.45, 2.75) is 25.8 Å². The van der Waals surface area contributed by atoms with Gasteiger partial charge in [-0.3, -0.25) is 4.79 Å². The molecular weight excluding hydrogens is 318 g/mol. The van der Waals surface area contributed by atoms with Gasteiger partial charge in [-0.1, -0.05) is 6.07 Å². The molecule has 2 amide bonds. The van der Waals surface area contributed by atoms with Crippen LogP contribution in [0.5, 0.6) is 0 Å². The number of piperidine rings is 1. The van der Waals surface area contributed by atoms with Crippen molar-refractivity contribution in [2.24, 2.45) is 0 Å². The number of carbonyl (C=O) groups excluding carboxylic acids is 2. The zero-order valence-corrected chi connectivity index (χ0v) is 14.4. The molecule has 0 radical (unpaired) electrons. The van der Waals surface area contributed by atoms with Crippen LogP contribution in [0.1, 0.15) is 30.1 Å². The maximum Gasteiger partial charge on any atom is 0.409 e. The third-order valence-electron chi connectivity index (χ3n) is 4.37. The fourth-order valence-electron chi connectivity index (χ4n) is 3.00. The van der Waals surface area contributed by atoms with E-state index in [1.165, 1.54) is 0 Å². The van der Waals surface area contributed by atoms with Crippen LogP contribution in [0, 0.1) is 0 Å². The number of hydrogen-bond acceptors (Lipinski definition) is 3. The Morgan fingerprint density at radius 1 is 1.16 bits per heavy atom. The molecule has 3 rings (SSSR count). The monoisotopic (exact) mass is 341 g/mol. The van der Waals surface area contributed by atoms with E-state index in [9.17, 15) is 9.59 Å². The summed E-state index contributed by atoms with van der Waals surface area (Å²) in [5.41, 5.74) is 1.59. The molecule has 6 heteroatoms. The molecular formula is C19H23N3O3. The molecule has 1 aromatic carbocycles. The van der Waals surface area contributed by atoms with Crippen molar-refractivity contribution in [1.29, 1.82) is 0 Å². The lowest BCUT2D eigenvalue weighted by Crippen LogP contribution is -2.46. The lowest BCUT2D eigenvalue weighted by molar-refractivity contribution is 0.0860. The number of ether oxygens (including phenoxy) is 1. The van der Waals surface area contributed by atoms with Crippen LogP contribution < -0.4 is 5.32 Å². The minimum Gasteiger partial charge on any atom is -0.450 e. The Morgan fingerprint density at radius 3 is 2.56 bits per heavy atom. The number of rotatable bonds is 4. The summed E-state index contributed by atoms with van der Waals surface area (Å²) in [5, 5.41) is 3.07. The van der Waals surface area contributed by atoms with Crippen LogP contribution in [0.25, 0.3) is 5.69 Å². The van der Waals surface area contributed by atoms with Crippen LogP contribution in [0.2, 0.25) is 0 Å². The Hall–Kier alpha value is -2.76. The second-order valence-electron chi connectivity index (χ2n) is 6.07. The number of nitrogens with zero attached hydrogens (tertiary/aromatic N) is 2. The smallest absolute Gasteiger partial charge is 0.409 e. The molecule has 0 spiro atoms. The maximum atomic E-state index is 12.5. The van der Waals surface area contributed by atoms with Gasteiger partial charge in [-0.25, -0.2) is 4.79 Å². The highest BCUT2D eigenvalue weighted by Gasteiger charge is 2.24. The van der Waals surface area contributed by atoms with Gasteiger partial charge < -0.3 is 19.5 Å². The quantitative estimate of drug-likeness (QED) is 0.930. The summed E-state index contributed by atoms with van der Waals surface area (Å²) in [5.74, 6) is -0.0800. The number of aromatic nitrogens is 1. The first kappa shape index (κ1) is 17.1. The lowest BCUT2D eigenvalue weighted by Gasteiger charge is -2.31. The number of benzene rings is 1. The average molecular weight is 341 g/mol. The predicted molar refractivity (Wildman–Crippen MR) is 94.9 cm³/mol. The summed E-state index contributed by atoms with van der Waals surface area (Å²) in [6, 6.07) is 11.5. The minimum absolute atomic E-state index is 0.0772. The number of amides is 2. The second-order valence-corrected chi connectivity index (χ2v) is 6.07. The number of nitrogens with one attached hydrogen (secondary N) is 1. The van der Waals surface area contributed by atoms with Crippen molar-refractivity contribution in [1.82, 2.24) is 14.8 Å². The molecule has 2 heterocycles. The van der Waals surface area contributed by atoms with E-state index in [1.54, 1.807) is 11.8 Å². The molecule has 6 nitrogen and oxygen atoms in total. The van der Waals surface area contributed by atoms with E-state index < -0.39 is 0 Å². The van der Waals surface area contributed by atoms with Crippen LogP contribution in [0.3, 0.4) is 0 Å². The van der Waals surface area contributed by atoms with E-state index in [4.69, 9.17) is 4.74 Å². The Kier molecular flexibility index (Phi) is 5.38. The van der Waals surface area contributed by atoms with Crippen LogP contribution in [0.15, 0.2) is 48.8 Å². The van der Waals surface area contributed by atoms with Gasteiger partial charge in [0.2, 0.25) is 0 Å². The SMILES string of the molecule is CCOC(=O)N1CCC(NC(=O)c2cccc(-n3cccc3)c2)CC1. The second kappa shape index (κ2) is 7.88. The average Bonchev–Trinajstić information content (AvgIpc) is 3.17. The van der Waals surface area contributed by atoms with Crippen LogP contribution in [-0.2, 0) is 4.74 Å². The molecule has 1 saturated heterocycles. The Morgan fingerprint density at radius 2 is 1.88 bits per heavy atom. The van der Waals surface area contributed by atoms with Crippen molar-refractivity contribution >= 4 is 12.0 Å². The fourth-order valence-corrected chi connectivity index (χ4v) is 3.00. The first-order valence-electron chi connectivity index (χ1n) is 8.63. The van der Waals surface area contributed by atoms with Gasteiger partial charge in [0.05, 0.1) is 6.61 Å². The third kappa shape index (κ3) is 4.21. The molecule has 0 atom stereocenters. The number of hydrogen-bond donors (Lipinski definition) is 1. The van der Waals surface area contributed by atoms with Crippen molar-refractivity contribution in [2.75, 3.05) is 19.7 Å². The van der Waals surface area contributed by atoms with Crippen molar-refractivity contribution in [3.63, 3.8) is 0 Å². The van der Waals surface area contributed by atoms with Crippen LogP contribution in [0.4, 0.5) is 4.79 Å². The van der Waals surface area contributed by atoms with Crippen LogP contribution >= 0.6 is 0 Å². The molecule has 1 aliphatic rings. The molecule has 1 aliphatic heterocycles. The standard InChI is InChI=1S/C19H23N3O3/c1-2-25-19(24)22-12-8-16(9-13-22)20-18(23)15-6-5-7-17(14-15)21-10-3-4-11-21/h3-7,10-11,14,16H,2,8-9,12-13H2,1H3,(H,20,23). The topological polar surface area (TPSA) is 63.6 Å². The van der Waals surface area contributed by atoms with Crippen molar-refractivity contribution in [3.05, 3.63) is 54.4 Å². The van der Waals surface area contributed by atoms with E-state index >= 15 is 0 Å². The molecule has 1 N–H and O–H groups in total. The van der Waals surface area contributed by atoms with Gasteiger partial charge in [-0.05, 0) is 50.1 Å². The normalized spacial score (nSPS) is 15.0. The Balaban J connectivity index is 1.57. The Bertz CT molecular complexity index is 719. The number of carbonyl (C=O) groups is 2. The molecule has 0 saturated carbocycles. The van der Waals surface area contributed by atoms with E-state index in [2.05, 4.69) is 5.32 Å². The van der Waals surface area contributed by atoms with Crippen LogP contribution in [-0.4, -0.2) is 47.2 Å². The highest BCUT2D eigenvalue weighted by Crippen LogP contribution is 2.14. The highest BCUT2D eigenvalue weighted by molar-refractivity contribution is 5.95. The first-order valence-corrected chi connectivity index (χ1v) is 8.63. The molecule has 25 heavy (non-hydrogen) atoms.